The van der Waals surface area contributed by atoms with Gasteiger partial charge in [-0.2, -0.15) is 0 Å². The zero-order valence-electron chi connectivity index (χ0n) is 14.9. The molecule has 2 amide bonds. The summed E-state index contributed by atoms with van der Waals surface area (Å²) in [6, 6.07) is 11.5. The summed E-state index contributed by atoms with van der Waals surface area (Å²) in [6.07, 6.45) is 1.48. The van der Waals surface area contributed by atoms with E-state index in [0.717, 1.165) is 0 Å². The second-order valence-electron chi connectivity index (χ2n) is 6.59. The van der Waals surface area contributed by atoms with Gasteiger partial charge in [-0.25, -0.2) is 4.98 Å². The van der Waals surface area contributed by atoms with Crippen LogP contribution >= 0.6 is 24.8 Å². The number of halogens is 2. The van der Waals surface area contributed by atoms with Crippen LogP contribution in [0.1, 0.15) is 31.1 Å². The Hall–Kier alpha value is -2.15. The molecule has 1 atom stereocenters. The van der Waals surface area contributed by atoms with E-state index in [4.69, 9.17) is 5.73 Å². The van der Waals surface area contributed by atoms with Gasteiger partial charge < -0.3 is 16.4 Å². The SMILES string of the molecule is CC(C)(C)[C@H](N)C(=O)Nc1ccc(NC(=O)c2ccccc2)nc1.Cl.Cl. The Labute approximate surface area is 165 Å². The summed E-state index contributed by atoms with van der Waals surface area (Å²) in [5.74, 6) is -0.109. The topological polar surface area (TPSA) is 97.1 Å². The first-order chi connectivity index (χ1) is 11.3. The normalized spacial score (nSPS) is 11.4. The summed E-state index contributed by atoms with van der Waals surface area (Å²) in [7, 11) is 0. The van der Waals surface area contributed by atoms with Crippen LogP contribution in [0, 0.1) is 5.41 Å². The lowest BCUT2D eigenvalue weighted by molar-refractivity contribution is -0.119. The van der Waals surface area contributed by atoms with Crippen LogP contribution < -0.4 is 16.4 Å². The minimum Gasteiger partial charge on any atom is -0.323 e. The Kier molecular flexibility index (Phi) is 9.27. The van der Waals surface area contributed by atoms with E-state index < -0.39 is 6.04 Å². The number of carbonyl (C=O) groups excluding carboxylic acids is 2. The Bertz CT molecular complexity index is 716. The summed E-state index contributed by atoms with van der Waals surface area (Å²) in [5, 5.41) is 5.42. The molecule has 0 saturated heterocycles. The largest absolute Gasteiger partial charge is 0.323 e. The minimum atomic E-state index is -0.630. The van der Waals surface area contributed by atoms with Gasteiger partial charge in [-0.05, 0) is 29.7 Å². The lowest BCUT2D eigenvalue weighted by atomic mass is 9.87. The van der Waals surface area contributed by atoms with Crippen molar-refractivity contribution in [1.82, 2.24) is 4.98 Å². The number of pyridine rings is 1. The molecule has 0 fully saturated rings. The molecular weight excluding hydrogens is 375 g/mol. The lowest BCUT2D eigenvalue weighted by Gasteiger charge is -2.25. The third kappa shape index (κ3) is 6.63. The van der Waals surface area contributed by atoms with Crippen molar-refractivity contribution in [2.24, 2.45) is 11.1 Å². The zero-order valence-corrected chi connectivity index (χ0v) is 16.5. The fourth-order valence-corrected chi connectivity index (χ4v) is 1.93. The van der Waals surface area contributed by atoms with Gasteiger partial charge >= 0.3 is 0 Å². The number of rotatable bonds is 4. The average molecular weight is 399 g/mol. The van der Waals surface area contributed by atoms with Crippen LogP contribution in [-0.4, -0.2) is 22.8 Å². The molecule has 1 aromatic heterocycles. The first kappa shape index (κ1) is 23.9. The number of hydrogen-bond acceptors (Lipinski definition) is 4. The lowest BCUT2D eigenvalue weighted by Crippen LogP contribution is -2.45. The van der Waals surface area contributed by atoms with Crippen molar-refractivity contribution in [1.29, 1.82) is 0 Å². The van der Waals surface area contributed by atoms with Crippen LogP contribution in [0.4, 0.5) is 11.5 Å². The first-order valence-electron chi connectivity index (χ1n) is 7.66. The maximum Gasteiger partial charge on any atom is 0.256 e. The van der Waals surface area contributed by atoms with E-state index in [1.807, 2.05) is 26.8 Å². The van der Waals surface area contributed by atoms with Crippen molar-refractivity contribution in [2.75, 3.05) is 10.6 Å². The number of hydrogen-bond donors (Lipinski definition) is 3. The smallest absolute Gasteiger partial charge is 0.256 e. The third-order valence-corrected chi connectivity index (χ3v) is 3.52. The molecule has 0 saturated carbocycles. The highest BCUT2D eigenvalue weighted by Gasteiger charge is 2.27. The number of nitrogens with two attached hydrogens (primary N) is 1. The van der Waals surface area contributed by atoms with Crippen molar-refractivity contribution >= 4 is 48.1 Å². The van der Waals surface area contributed by atoms with Gasteiger partial charge in [-0.15, -0.1) is 24.8 Å². The van der Waals surface area contributed by atoms with Gasteiger partial charge in [0, 0.05) is 5.56 Å². The zero-order chi connectivity index (χ0) is 17.7. The number of amides is 2. The minimum absolute atomic E-state index is 0. The summed E-state index contributed by atoms with van der Waals surface area (Å²) >= 11 is 0. The quantitative estimate of drug-likeness (QED) is 0.733. The van der Waals surface area contributed by atoms with Crippen molar-refractivity contribution in [3.05, 3.63) is 54.2 Å². The van der Waals surface area contributed by atoms with Crippen LogP contribution in [0.2, 0.25) is 0 Å². The molecule has 2 aromatic rings. The first-order valence-corrected chi connectivity index (χ1v) is 7.66. The highest BCUT2D eigenvalue weighted by molar-refractivity contribution is 6.03. The van der Waals surface area contributed by atoms with Gasteiger partial charge in [0.25, 0.3) is 5.91 Å². The number of nitrogens with zero attached hydrogens (tertiary/aromatic N) is 1. The van der Waals surface area contributed by atoms with E-state index in [2.05, 4.69) is 15.6 Å². The second kappa shape index (κ2) is 10.1. The third-order valence-electron chi connectivity index (χ3n) is 3.52. The predicted octanol–water partition coefficient (Wildman–Crippen LogP) is 3.49. The molecule has 1 heterocycles. The van der Waals surface area contributed by atoms with Crippen LogP contribution in [-0.2, 0) is 4.79 Å². The van der Waals surface area contributed by atoms with E-state index in [-0.39, 0.29) is 42.0 Å². The van der Waals surface area contributed by atoms with Crippen LogP contribution in [0.25, 0.3) is 0 Å². The van der Waals surface area contributed by atoms with E-state index in [1.165, 1.54) is 6.20 Å². The van der Waals surface area contributed by atoms with Crippen LogP contribution in [0.5, 0.6) is 0 Å². The Morgan fingerprint density at radius 3 is 2.12 bits per heavy atom. The summed E-state index contributed by atoms with van der Waals surface area (Å²) in [4.78, 5) is 28.2. The van der Waals surface area contributed by atoms with Crippen molar-refractivity contribution < 1.29 is 9.59 Å². The number of benzene rings is 1. The molecule has 0 radical (unpaired) electrons. The summed E-state index contributed by atoms with van der Waals surface area (Å²) < 4.78 is 0. The molecule has 0 aliphatic heterocycles. The molecule has 8 heteroatoms. The van der Waals surface area contributed by atoms with E-state index in [9.17, 15) is 9.59 Å². The van der Waals surface area contributed by atoms with Gasteiger partial charge in [0.15, 0.2) is 0 Å². The second-order valence-corrected chi connectivity index (χ2v) is 6.59. The molecule has 26 heavy (non-hydrogen) atoms. The maximum atomic E-state index is 12.1. The molecular formula is C18H24Cl2N4O2. The number of anilines is 2. The predicted molar refractivity (Wildman–Crippen MR) is 109 cm³/mol. The van der Waals surface area contributed by atoms with Crippen LogP contribution in [0.3, 0.4) is 0 Å². The highest BCUT2D eigenvalue weighted by atomic mass is 35.5. The monoisotopic (exact) mass is 398 g/mol. The molecule has 0 unspecified atom stereocenters. The number of nitrogens with one attached hydrogen (secondary N) is 2. The molecule has 2 rings (SSSR count). The Balaban J connectivity index is 0.00000312. The average Bonchev–Trinajstić information content (AvgIpc) is 2.55. The van der Waals surface area contributed by atoms with E-state index in [1.54, 1.807) is 36.4 Å². The molecule has 0 aliphatic carbocycles. The Morgan fingerprint density at radius 1 is 1.00 bits per heavy atom. The molecule has 4 N–H and O–H groups in total. The van der Waals surface area contributed by atoms with E-state index >= 15 is 0 Å². The van der Waals surface area contributed by atoms with Gasteiger partial charge in [0.1, 0.15) is 5.82 Å². The highest BCUT2D eigenvalue weighted by Crippen LogP contribution is 2.19. The van der Waals surface area contributed by atoms with Gasteiger partial charge in [-0.1, -0.05) is 39.0 Å². The fraction of sp³-hybridized carbons (Fsp3) is 0.278. The van der Waals surface area contributed by atoms with Crippen LogP contribution in [0.15, 0.2) is 48.7 Å². The molecule has 6 nitrogen and oxygen atoms in total. The van der Waals surface area contributed by atoms with Gasteiger partial charge in [0.2, 0.25) is 5.91 Å². The van der Waals surface area contributed by atoms with E-state index in [0.29, 0.717) is 17.1 Å². The van der Waals surface area contributed by atoms with Gasteiger partial charge in [0.05, 0.1) is 17.9 Å². The standard InChI is InChI=1S/C18H22N4O2.2ClH/c1-18(2,3)15(19)17(24)21-13-9-10-14(20-11-13)22-16(23)12-7-5-4-6-8-12;;/h4-11,15H,19H2,1-3H3,(H,21,24)(H,20,22,23);2*1H/t15-;;/m1../s1. The summed E-state index contributed by atoms with van der Waals surface area (Å²) in [5.41, 5.74) is 6.65. The molecule has 142 valence electrons. The summed E-state index contributed by atoms with van der Waals surface area (Å²) in [6.45, 7) is 5.70. The maximum absolute atomic E-state index is 12.1. The van der Waals surface area contributed by atoms with Crippen molar-refractivity contribution in [2.45, 2.75) is 26.8 Å². The number of aromatic nitrogens is 1. The molecule has 0 bridgehead atoms. The van der Waals surface area contributed by atoms with Crippen molar-refractivity contribution in [3.8, 4) is 0 Å². The molecule has 0 spiro atoms. The Morgan fingerprint density at radius 2 is 1.62 bits per heavy atom. The van der Waals surface area contributed by atoms with Gasteiger partial charge in [-0.3, -0.25) is 9.59 Å². The fourth-order valence-electron chi connectivity index (χ4n) is 1.93. The molecule has 1 aromatic carbocycles. The molecule has 0 aliphatic rings. The number of carbonyl (C=O) groups is 2. The van der Waals surface area contributed by atoms with Crippen molar-refractivity contribution in [3.63, 3.8) is 0 Å².